The molecule has 0 saturated heterocycles. The number of halogens is 9. The van der Waals surface area contributed by atoms with Gasteiger partial charge in [0.05, 0.1) is 11.1 Å². The van der Waals surface area contributed by atoms with Crippen molar-refractivity contribution < 1.29 is 44.3 Å². The van der Waals surface area contributed by atoms with Gasteiger partial charge in [0.1, 0.15) is 11.6 Å². The minimum atomic E-state index is -3.78. The summed E-state index contributed by atoms with van der Waals surface area (Å²) in [5.41, 5.74) is -3.25. The maximum Gasteiger partial charge on any atom is 0.387 e. The lowest BCUT2D eigenvalue weighted by Crippen LogP contribution is -2.07. The van der Waals surface area contributed by atoms with E-state index in [1.807, 2.05) is 0 Å². The molecule has 0 heterocycles. The summed E-state index contributed by atoms with van der Waals surface area (Å²) in [5, 5.41) is 0. The fraction of sp³-hybridized carbons (Fsp3) is 0.0909. The molecular weight excluding hydrogens is 319 g/mol. The summed E-state index contributed by atoms with van der Waals surface area (Å²) >= 11 is 0. The van der Waals surface area contributed by atoms with E-state index < -0.39 is 53.1 Å². The molecule has 21 heavy (non-hydrogen) atoms. The van der Waals surface area contributed by atoms with Crippen LogP contribution in [0, 0.1) is 5.82 Å². The predicted octanol–water partition coefficient (Wildman–Crippen LogP) is 5.50. The average molecular weight is 322 g/mol. The summed E-state index contributed by atoms with van der Waals surface area (Å²) in [6.07, 6.45) is -6.12. The van der Waals surface area contributed by atoms with Gasteiger partial charge in [-0.15, -0.1) is 0 Å². The Morgan fingerprint density at radius 1 is 0.810 bits per heavy atom. The van der Waals surface area contributed by atoms with Crippen molar-refractivity contribution in [3.8, 4) is 5.75 Å². The van der Waals surface area contributed by atoms with Gasteiger partial charge in [0.15, 0.2) is 11.7 Å². The van der Waals surface area contributed by atoms with Crippen LogP contribution in [0.15, 0.2) is 24.3 Å². The van der Waals surface area contributed by atoms with Crippen molar-refractivity contribution >= 4 is 11.7 Å². The second-order valence-electron chi connectivity index (χ2n) is 3.36. The zero-order valence-electron chi connectivity index (χ0n) is 9.54. The van der Waals surface area contributed by atoms with Crippen LogP contribution in [0.1, 0.15) is 11.1 Å². The molecule has 0 aliphatic heterocycles. The first kappa shape index (κ1) is 16.9. The molecule has 1 nitrogen and oxygen atoms in total. The fourth-order valence-electron chi connectivity index (χ4n) is 1.34. The van der Waals surface area contributed by atoms with Crippen molar-refractivity contribution in [2.45, 2.75) is 6.61 Å². The second kappa shape index (κ2) is 6.55. The van der Waals surface area contributed by atoms with Crippen LogP contribution in [0.25, 0.3) is 11.7 Å². The number of rotatable bonds is 4. The van der Waals surface area contributed by atoms with Crippen molar-refractivity contribution in [2.75, 3.05) is 0 Å². The number of benzene rings is 1. The van der Waals surface area contributed by atoms with Gasteiger partial charge >= 0.3 is 18.8 Å². The Morgan fingerprint density at radius 2 is 1.19 bits per heavy atom. The number of alkyl halides is 2. The van der Waals surface area contributed by atoms with E-state index in [0.717, 1.165) is 0 Å². The summed E-state index contributed by atoms with van der Waals surface area (Å²) in [6.45, 7) is -3.78. The molecule has 1 rings (SSSR count). The van der Waals surface area contributed by atoms with E-state index in [4.69, 9.17) is 0 Å². The minimum absolute atomic E-state index is 0.0286. The molecule has 0 fully saturated rings. The van der Waals surface area contributed by atoms with E-state index in [9.17, 15) is 39.5 Å². The van der Waals surface area contributed by atoms with E-state index in [0.29, 0.717) is 0 Å². The van der Waals surface area contributed by atoms with Gasteiger partial charge in [0, 0.05) is 0 Å². The summed E-state index contributed by atoms with van der Waals surface area (Å²) in [6, 6.07) is -0.0573. The van der Waals surface area contributed by atoms with E-state index in [-0.39, 0.29) is 12.1 Å². The maximum absolute atomic E-state index is 13.1. The molecule has 0 unspecified atom stereocenters. The van der Waals surface area contributed by atoms with Crippen LogP contribution < -0.4 is 4.74 Å². The molecule has 0 bridgehead atoms. The second-order valence-corrected chi connectivity index (χ2v) is 3.36. The summed E-state index contributed by atoms with van der Waals surface area (Å²) in [7, 11) is 0. The molecule has 0 amide bonds. The Balaban J connectivity index is 3.73. The molecule has 1 aromatic carbocycles. The minimum Gasteiger partial charge on any atom is -0.433 e. The largest absolute Gasteiger partial charge is 0.433 e. The highest BCUT2D eigenvalue weighted by Gasteiger charge is 2.26. The molecule has 0 saturated carbocycles. The van der Waals surface area contributed by atoms with Gasteiger partial charge in [-0.05, 0) is 12.1 Å². The zero-order chi connectivity index (χ0) is 16.3. The highest BCUT2D eigenvalue weighted by molar-refractivity contribution is 5.75. The summed E-state index contributed by atoms with van der Waals surface area (Å²) in [4.78, 5) is 0. The number of ether oxygens (including phenoxy) is 1. The third-order valence-electron chi connectivity index (χ3n) is 2.07. The van der Waals surface area contributed by atoms with Crippen molar-refractivity contribution in [3.63, 3.8) is 0 Å². The van der Waals surface area contributed by atoms with Gasteiger partial charge in [-0.3, -0.25) is 0 Å². The fourth-order valence-corrected chi connectivity index (χ4v) is 1.34. The van der Waals surface area contributed by atoms with E-state index in [1.54, 1.807) is 0 Å². The molecular formula is C11H3F9O. The van der Waals surface area contributed by atoms with Gasteiger partial charge in [-0.1, -0.05) is 0 Å². The van der Waals surface area contributed by atoms with Crippen molar-refractivity contribution in [1.82, 2.24) is 0 Å². The van der Waals surface area contributed by atoms with Gasteiger partial charge < -0.3 is 4.74 Å². The van der Waals surface area contributed by atoms with Crippen LogP contribution in [0.3, 0.4) is 0 Å². The molecule has 1 aromatic rings. The highest BCUT2D eigenvalue weighted by Crippen LogP contribution is 2.39. The first-order valence-corrected chi connectivity index (χ1v) is 4.85. The normalized spacial score (nSPS) is 10.6. The van der Waals surface area contributed by atoms with Gasteiger partial charge in [0.25, 0.3) is 0 Å². The summed E-state index contributed by atoms with van der Waals surface area (Å²) in [5.74, 6) is -8.33. The van der Waals surface area contributed by atoms with Crippen LogP contribution in [-0.2, 0) is 0 Å². The van der Waals surface area contributed by atoms with Crippen molar-refractivity contribution in [1.29, 1.82) is 0 Å². The Labute approximate surface area is 110 Å². The lowest BCUT2D eigenvalue weighted by atomic mass is 10.1. The number of hydrogen-bond acceptors (Lipinski definition) is 1. The van der Waals surface area contributed by atoms with Crippen LogP contribution in [0.4, 0.5) is 39.5 Å². The van der Waals surface area contributed by atoms with Crippen LogP contribution >= 0.6 is 0 Å². The van der Waals surface area contributed by atoms with E-state index in [2.05, 4.69) is 4.74 Å². The third kappa shape index (κ3) is 3.92. The molecule has 0 radical (unpaired) electrons. The zero-order valence-corrected chi connectivity index (χ0v) is 9.54. The predicted molar refractivity (Wildman–Crippen MR) is 53.5 cm³/mol. The molecule has 116 valence electrons. The SMILES string of the molecule is FC(F)=C(F)c1cc(F)cc(C(F)=C(F)F)c1OC(F)F. The smallest absolute Gasteiger partial charge is 0.387 e. The summed E-state index contributed by atoms with van der Waals surface area (Å²) < 4.78 is 116. The molecule has 0 aliphatic carbocycles. The van der Waals surface area contributed by atoms with Crippen LogP contribution in [-0.4, -0.2) is 6.61 Å². The molecule has 0 atom stereocenters. The van der Waals surface area contributed by atoms with Gasteiger partial charge in [-0.25, -0.2) is 13.2 Å². The van der Waals surface area contributed by atoms with Crippen LogP contribution in [0.2, 0.25) is 0 Å². The lowest BCUT2D eigenvalue weighted by Gasteiger charge is -2.13. The Kier molecular flexibility index (Phi) is 5.28. The topological polar surface area (TPSA) is 9.23 Å². The molecule has 0 N–H and O–H groups in total. The van der Waals surface area contributed by atoms with E-state index >= 15 is 0 Å². The molecule has 10 heteroatoms. The van der Waals surface area contributed by atoms with Crippen LogP contribution in [0.5, 0.6) is 5.75 Å². The number of hydrogen-bond donors (Lipinski definition) is 0. The van der Waals surface area contributed by atoms with E-state index in [1.165, 1.54) is 0 Å². The lowest BCUT2D eigenvalue weighted by molar-refractivity contribution is -0.0504. The van der Waals surface area contributed by atoms with Crippen molar-refractivity contribution in [3.05, 3.63) is 41.2 Å². The Bertz CT molecular complexity index is 553. The standard InChI is InChI=1S/C11H3F9O/c12-3-1-4(6(13)9(15)16)8(21-11(19)20)5(2-3)7(14)10(17)18/h1-2,11H. The first-order chi connectivity index (χ1) is 9.65. The molecule has 0 aliphatic rings. The maximum atomic E-state index is 13.1. The molecule has 0 spiro atoms. The Hall–Kier alpha value is -2.13. The van der Waals surface area contributed by atoms with Crippen molar-refractivity contribution in [2.24, 2.45) is 0 Å². The monoisotopic (exact) mass is 322 g/mol. The average Bonchev–Trinajstić information content (AvgIpc) is 2.37. The van der Waals surface area contributed by atoms with Gasteiger partial charge in [0.2, 0.25) is 0 Å². The molecule has 0 aromatic heterocycles. The third-order valence-corrected chi connectivity index (χ3v) is 2.07. The quantitative estimate of drug-likeness (QED) is 0.666. The van der Waals surface area contributed by atoms with Gasteiger partial charge in [-0.2, -0.15) is 26.3 Å². The highest BCUT2D eigenvalue weighted by atomic mass is 19.3. The Morgan fingerprint density at radius 3 is 1.48 bits per heavy atom. The first-order valence-electron chi connectivity index (χ1n) is 4.85.